The monoisotopic (exact) mass is 312 g/mol. The molecule has 1 aliphatic heterocycles. The van der Waals surface area contributed by atoms with E-state index in [1.54, 1.807) is 4.90 Å². The van der Waals surface area contributed by atoms with Gasteiger partial charge in [0.1, 0.15) is 5.82 Å². The SMILES string of the molecule is Cc1ccc(N2C[C@H](C(=O)Nc3ccc(F)cc3)CC2=O)cc1. The van der Waals surface area contributed by atoms with Crippen LogP contribution in [0.4, 0.5) is 15.8 Å². The van der Waals surface area contributed by atoms with Crippen molar-refractivity contribution < 1.29 is 14.0 Å². The summed E-state index contributed by atoms with van der Waals surface area (Å²) in [6.45, 7) is 2.34. The number of rotatable bonds is 3. The molecule has 2 aromatic rings. The molecule has 0 radical (unpaired) electrons. The molecular weight excluding hydrogens is 295 g/mol. The Morgan fingerprint density at radius 1 is 1.13 bits per heavy atom. The first kappa shape index (κ1) is 15.2. The van der Waals surface area contributed by atoms with Gasteiger partial charge in [-0.15, -0.1) is 0 Å². The number of carbonyl (C=O) groups excluding carboxylic acids is 2. The molecule has 0 aromatic heterocycles. The first-order valence-corrected chi connectivity index (χ1v) is 7.46. The fourth-order valence-corrected chi connectivity index (χ4v) is 2.63. The third-order valence-corrected chi connectivity index (χ3v) is 3.95. The van der Waals surface area contributed by atoms with E-state index in [0.717, 1.165) is 11.3 Å². The average molecular weight is 312 g/mol. The number of carbonyl (C=O) groups is 2. The summed E-state index contributed by atoms with van der Waals surface area (Å²) in [5, 5.41) is 2.73. The highest BCUT2D eigenvalue weighted by Gasteiger charge is 2.35. The predicted octanol–water partition coefficient (Wildman–Crippen LogP) is 3.13. The quantitative estimate of drug-likeness (QED) is 0.946. The lowest BCUT2D eigenvalue weighted by Gasteiger charge is -2.17. The Bertz CT molecular complexity index is 726. The van der Waals surface area contributed by atoms with Crippen molar-refractivity contribution in [2.75, 3.05) is 16.8 Å². The van der Waals surface area contributed by atoms with E-state index >= 15 is 0 Å². The maximum atomic E-state index is 12.9. The highest BCUT2D eigenvalue weighted by molar-refractivity contribution is 6.03. The van der Waals surface area contributed by atoms with Crippen LogP contribution in [0.5, 0.6) is 0 Å². The molecule has 1 saturated heterocycles. The largest absolute Gasteiger partial charge is 0.326 e. The number of benzene rings is 2. The molecule has 118 valence electrons. The minimum absolute atomic E-state index is 0.0619. The van der Waals surface area contributed by atoms with E-state index in [4.69, 9.17) is 0 Å². The molecule has 1 N–H and O–H groups in total. The Hall–Kier alpha value is -2.69. The lowest BCUT2D eigenvalue weighted by atomic mass is 10.1. The van der Waals surface area contributed by atoms with Crippen molar-refractivity contribution in [1.82, 2.24) is 0 Å². The second-order valence-electron chi connectivity index (χ2n) is 5.74. The smallest absolute Gasteiger partial charge is 0.229 e. The highest BCUT2D eigenvalue weighted by atomic mass is 19.1. The number of hydrogen-bond acceptors (Lipinski definition) is 2. The van der Waals surface area contributed by atoms with Crippen LogP contribution in [-0.4, -0.2) is 18.4 Å². The first-order chi connectivity index (χ1) is 11.0. The van der Waals surface area contributed by atoms with Gasteiger partial charge in [-0.3, -0.25) is 9.59 Å². The predicted molar refractivity (Wildman–Crippen MR) is 86.7 cm³/mol. The van der Waals surface area contributed by atoms with Crippen molar-refractivity contribution in [2.24, 2.45) is 5.92 Å². The van der Waals surface area contributed by atoms with Gasteiger partial charge >= 0.3 is 0 Å². The van der Waals surface area contributed by atoms with Crippen LogP contribution in [0, 0.1) is 18.7 Å². The van der Waals surface area contributed by atoms with Crippen molar-refractivity contribution in [3.8, 4) is 0 Å². The van der Waals surface area contributed by atoms with E-state index in [1.807, 2.05) is 31.2 Å². The lowest BCUT2D eigenvalue weighted by Crippen LogP contribution is -2.28. The van der Waals surface area contributed by atoms with Gasteiger partial charge in [0.25, 0.3) is 0 Å². The van der Waals surface area contributed by atoms with Gasteiger partial charge in [0.15, 0.2) is 0 Å². The molecular formula is C18H17FN2O2. The van der Waals surface area contributed by atoms with Crippen LogP contribution in [0.2, 0.25) is 0 Å². The van der Waals surface area contributed by atoms with Gasteiger partial charge in [0, 0.05) is 24.3 Å². The Labute approximate surface area is 133 Å². The number of hydrogen-bond donors (Lipinski definition) is 1. The van der Waals surface area contributed by atoms with Crippen molar-refractivity contribution in [3.63, 3.8) is 0 Å². The van der Waals surface area contributed by atoms with E-state index in [-0.39, 0.29) is 24.1 Å². The zero-order chi connectivity index (χ0) is 16.4. The summed E-state index contributed by atoms with van der Waals surface area (Å²) < 4.78 is 12.9. The standard InChI is InChI=1S/C18H17FN2O2/c1-12-2-8-16(9-3-12)21-11-13(10-17(21)22)18(23)20-15-6-4-14(19)5-7-15/h2-9,13H,10-11H2,1H3,(H,20,23)/t13-/m1/s1. The third-order valence-electron chi connectivity index (χ3n) is 3.95. The van der Waals surface area contributed by atoms with Crippen LogP contribution in [0.1, 0.15) is 12.0 Å². The van der Waals surface area contributed by atoms with Crippen LogP contribution < -0.4 is 10.2 Å². The zero-order valence-corrected chi connectivity index (χ0v) is 12.8. The van der Waals surface area contributed by atoms with E-state index in [2.05, 4.69) is 5.32 Å². The fourth-order valence-electron chi connectivity index (χ4n) is 2.63. The molecule has 0 saturated carbocycles. The van der Waals surface area contributed by atoms with Gasteiger partial charge in [-0.25, -0.2) is 4.39 Å². The Morgan fingerprint density at radius 2 is 1.78 bits per heavy atom. The van der Waals surface area contributed by atoms with Crippen LogP contribution in [0.25, 0.3) is 0 Å². The van der Waals surface area contributed by atoms with Gasteiger partial charge < -0.3 is 10.2 Å². The highest BCUT2D eigenvalue weighted by Crippen LogP contribution is 2.26. The van der Waals surface area contributed by atoms with Gasteiger partial charge in [0.05, 0.1) is 5.92 Å². The number of halogens is 1. The summed E-state index contributed by atoms with van der Waals surface area (Å²) in [6, 6.07) is 13.2. The van der Waals surface area contributed by atoms with Crippen LogP contribution in [0.3, 0.4) is 0 Å². The second-order valence-corrected chi connectivity index (χ2v) is 5.74. The third kappa shape index (κ3) is 3.39. The van der Waals surface area contributed by atoms with Crippen molar-refractivity contribution >= 4 is 23.2 Å². The maximum Gasteiger partial charge on any atom is 0.229 e. The van der Waals surface area contributed by atoms with E-state index in [0.29, 0.717) is 12.2 Å². The molecule has 0 spiro atoms. The molecule has 4 nitrogen and oxygen atoms in total. The number of aryl methyl sites for hydroxylation is 1. The molecule has 0 bridgehead atoms. The molecule has 1 heterocycles. The fraction of sp³-hybridized carbons (Fsp3) is 0.222. The second kappa shape index (κ2) is 6.20. The first-order valence-electron chi connectivity index (χ1n) is 7.46. The van der Waals surface area contributed by atoms with Crippen molar-refractivity contribution in [2.45, 2.75) is 13.3 Å². The van der Waals surface area contributed by atoms with E-state index in [9.17, 15) is 14.0 Å². The van der Waals surface area contributed by atoms with Crippen molar-refractivity contribution in [3.05, 3.63) is 59.9 Å². The van der Waals surface area contributed by atoms with Gasteiger partial charge in [-0.05, 0) is 43.3 Å². The van der Waals surface area contributed by atoms with Crippen molar-refractivity contribution in [1.29, 1.82) is 0 Å². The molecule has 1 aliphatic rings. The Kier molecular flexibility index (Phi) is 4.10. The molecule has 23 heavy (non-hydrogen) atoms. The molecule has 3 rings (SSSR count). The van der Waals surface area contributed by atoms with E-state index < -0.39 is 5.92 Å². The van der Waals surface area contributed by atoms with Gasteiger partial charge in [-0.1, -0.05) is 17.7 Å². The minimum atomic E-state index is -0.408. The number of anilines is 2. The molecule has 1 fully saturated rings. The number of amides is 2. The Morgan fingerprint density at radius 3 is 2.43 bits per heavy atom. The molecule has 0 unspecified atom stereocenters. The molecule has 5 heteroatoms. The van der Waals surface area contributed by atoms with Gasteiger partial charge in [0.2, 0.25) is 11.8 Å². The van der Waals surface area contributed by atoms with Crippen LogP contribution in [0.15, 0.2) is 48.5 Å². The lowest BCUT2D eigenvalue weighted by molar-refractivity contribution is -0.122. The number of nitrogens with one attached hydrogen (secondary N) is 1. The molecule has 2 aromatic carbocycles. The molecule has 2 amide bonds. The summed E-state index contributed by atoms with van der Waals surface area (Å²) in [6.07, 6.45) is 0.181. The number of nitrogens with zero attached hydrogens (tertiary/aromatic N) is 1. The summed E-state index contributed by atoms with van der Waals surface area (Å²) in [5.74, 6) is -1.05. The minimum Gasteiger partial charge on any atom is -0.326 e. The summed E-state index contributed by atoms with van der Waals surface area (Å²) >= 11 is 0. The molecule has 1 atom stereocenters. The van der Waals surface area contributed by atoms with Gasteiger partial charge in [-0.2, -0.15) is 0 Å². The maximum absolute atomic E-state index is 12.9. The zero-order valence-electron chi connectivity index (χ0n) is 12.8. The van der Waals surface area contributed by atoms with E-state index in [1.165, 1.54) is 24.3 Å². The molecule has 0 aliphatic carbocycles. The normalized spacial score (nSPS) is 17.4. The summed E-state index contributed by atoms with van der Waals surface area (Å²) in [5.41, 5.74) is 2.45. The van der Waals surface area contributed by atoms with Crippen LogP contribution >= 0.6 is 0 Å². The summed E-state index contributed by atoms with van der Waals surface area (Å²) in [4.78, 5) is 26.1. The summed E-state index contributed by atoms with van der Waals surface area (Å²) in [7, 11) is 0. The average Bonchev–Trinajstić information content (AvgIpc) is 2.92. The topological polar surface area (TPSA) is 49.4 Å². The van der Waals surface area contributed by atoms with Crippen LogP contribution in [-0.2, 0) is 9.59 Å². The Balaban J connectivity index is 1.68.